The van der Waals surface area contributed by atoms with E-state index in [1.807, 2.05) is 19.9 Å². The molecule has 0 unspecified atom stereocenters. The highest BCUT2D eigenvalue weighted by molar-refractivity contribution is 5.77. The normalized spacial score (nSPS) is 13.9. The van der Waals surface area contributed by atoms with Crippen LogP contribution in [0.5, 0.6) is 5.75 Å². The molecule has 1 heterocycles. The predicted molar refractivity (Wildman–Crippen MR) is 60.3 cm³/mol. The van der Waals surface area contributed by atoms with E-state index in [1.54, 1.807) is 0 Å². The number of hydrogen-bond donors (Lipinski definition) is 1. The SMILES string of the molecule is CCOc1ccc2c(c1)CN(C(C)=N)C2. The van der Waals surface area contributed by atoms with Crippen molar-refractivity contribution in [1.82, 2.24) is 4.90 Å². The molecule has 0 radical (unpaired) electrons. The number of nitrogens with zero attached hydrogens (tertiary/aromatic N) is 1. The van der Waals surface area contributed by atoms with Crippen LogP contribution in [0.15, 0.2) is 18.2 Å². The van der Waals surface area contributed by atoms with Crippen molar-refractivity contribution in [3.05, 3.63) is 29.3 Å². The third kappa shape index (κ3) is 1.96. The van der Waals surface area contributed by atoms with Crippen molar-refractivity contribution in [2.45, 2.75) is 26.9 Å². The minimum atomic E-state index is 0.629. The van der Waals surface area contributed by atoms with Gasteiger partial charge in [0.05, 0.1) is 12.4 Å². The van der Waals surface area contributed by atoms with Gasteiger partial charge in [-0.2, -0.15) is 0 Å². The highest BCUT2D eigenvalue weighted by atomic mass is 16.5. The van der Waals surface area contributed by atoms with Gasteiger partial charge in [0.25, 0.3) is 0 Å². The largest absolute Gasteiger partial charge is 0.494 e. The van der Waals surface area contributed by atoms with Gasteiger partial charge in [0, 0.05) is 13.1 Å². The second kappa shape index (κ2) is 3.93. The number of hydrogen-bond acceptors (Lipinski definition) is 2. The minimum absolute atomic E-state index is 0.629. The molecule has 0 saturated carbocycles. The topological polar surface area (TPSA) is 36.3 Å². The molecule has 0 aliphatic carbocycles. The van der Waals surface area contributed by atoms with Crippen molar-refractivity contribution in [2.75, 3.05) is 6.61 Å². The highest BCUT2D eigenvalue weighted by Gasteiger charge is 2.19. The average molecular weight is 204 g/mol. The summed E-state index contributed by atoms with van der Waals surface area (Å²) in [6, 6.07) is 6.19. The van der Waals surface area contributed by atoms with Gasteiger partial charge in [-0.15, -0.1) is 0 Å². The summed E-state index contributed by atoms with van der Waals surface area (Å²) in [7, 11) is 0. The number of fused-ring (bicyclic) bond motifs is 1. The van der Waals surface area contributed by atoms with Crippen molar-refractivity contribution in [3.63, 3.8) is 0 Å². The molecule has 80 valence electrons. The lowest BCUT2D eigenvalue weighted by Crippen LogP contribution is -2.21. The Labute approximate surface area is 90.2 Å². The Kier molecular flexibility index (Phi) is 2.62. The minimum Gasteiger partial charge on any atom is -0.494 e. The van der Waals surface area contributed by atoms with Crippen molar-refractivity contribution in [2.24, 2.45) is 0 Å². The highest BCUT2D eigenvalue weighted by Crippen LogP contribution is 2.26. The Morgan fingerprint density at radius 2 is 2.13 bits per heavy atom. The molecule has 1 N–H and O–H groups in total. The first kappa shape index (κ1) is 10.0. The molecule has 0 atom stereocenters. The molecule has 0 fully saturated rings. The maximum Gasteiger partial charge on any atom is 0.119 e. The Balaban J connectivity index is 2.20. The fraction of sp³-hybridized carbons (Fsp3) is 0.417. The van der Waals surface area contributed by atoms with E-state index in [-0.39, 0.29) is 0 Å². The fourth-order valence-corrected chi connectivity index (χ4v) is 1.86. The lowest BCUT2D eigenvalue weighted by atomic mass is 10.1. The van der Waals surface area contributed by atoms with Gasteiger partial charge in [-0.1, -0.05) is 6.07 Å². The van der Waals surface area contributed by atoms with Crippen LogP contribution < -0.4 is 4.74 Å². The van der Waals surface area contributed by atoms with Crippen LogP contribution in [0.3, 0.4) is 0 Å². The number of nitrogens with one attached hydrogen (secondary N) is 1. The summed E-state index contributed by atoms with van der Waals surface area (Å²) >= 11 is 0. The van der Waals surface area contributed by atoms with Crippen LogP contribution in [0.25, 0.3) is 0 Å². The third-order valence-corrected chi connectivity index (χ3v) is 2.69. The smallest absolute Gasteiger partial charge is 0.119 e. The van der Waals surface area contributed by atoms with Crippen LogP contribution in [0.2, 0.25) is 0 Å². The molecule has 3 heteroatoms. The van der Waals surface area contributed by atoms with Crippen LogP contribution in [-0.2, 0) is 13.1 Å². The van der Waals surface area contributed by atoms with Gasteiger partial charge in [0.1, 0.15) is 5.75 Å². The van der Waals surface area contributed by atoms with Crippen molar-refractivity contribution < 1.29 is 4.74 Å². The first-order valence-electron chi connectivity index (χ1n) is 5.25. The summed E-state index contributed by atoms with van der Waals surface area (Å²) in [5.41, 5.74) is 2.60. The molecular weight excluding hydrogens is 188 g/mol. The summed E-state index contributed by atoms with van der Waals surface area (Å²) in [6.45, 7) is 6.21. The molecule has 3 nitrogen and oxygen atoms in total. The molecular formula is C12H16N2O. The van der Waals surface area contributed by atoms with Crippen LogP contribution >= 0.6 is 0 Å². The number of benzene rings is 1. The lowest BCUT2D eigenvalue weighted by molar-refractivity contribution is 0.340. The van der Waals surface area contributed by atoms with Crippen LogP contribution in [0, 0.1) is 5.41 Å². The zero-order valence-corrected chi connectivity index (χ0v) is 9.21. The number of ether oxygens (including phenoxy) is 1. The van der Waals surface area contributed by atoms with Gasteiger partial charge >= 0.3 is 0 Å². The van der Waals surface area contributed by atoms with E-state index in [9.17, 15) is 0 Å². The maximum absolute atomic E-state index is 7.60. The Bertz CT molecular complexity index is 387. The van der Waals surface area contributed by atoms with Crippen LogP contribution in [-0.4, -0.2) is 17.3 Å². The van der Waals surface area contributed by atoms with Gasteiger partial charge in [-0.05, 0) is 37.1 Å². The zero-order chi connectivity index (χ0) is 10.8. The van der Waals surface area contributed by atoms with E-state index in [4.69, 9.17) is 10.1 Å². The Morgan fingerprint density at radius 3 is 2.80 bits per heavy atom. The van der Waals surface area contributed by atoms with Gasteiger partial charge < -0.3 is 9.64 Å². The third-order valence-electron chi connectivity index (χ3n) is 2.69. The monoisotopic (exact) mass is 204 g/mol. The number of amidine groups is 1. The second-order valence-corrected chi connectivity index (χ2v) is 3.81. The summed E-state index contributed by atoms with van der Waals surface area (Å²) in [5.74, 6) is 1.56. The quantitative estimate of drug-likeness (QED) is 0.593. The molecule has 0 spiro atoms. The average Bonchev–Trinajstić information content (AvgIpc) is 2.61. The van der Waals surface area contributed by atoms with E-state index in [2.05, 4.69) is 17.0 Å². The summed E-state index contributed by atoms with van der Waals surface area (Å²) < 4.78 is 5.45. The second-order valence-electron chi connectivity index (χ2n) is 3.81. The first-order valence-corrected chi connectivity index (χ1v) is 5.25. The van der Waals surface area contributed by atoms with Crippen molar-refractivity contribution in [1.29, 1.82) is 5.41 Å². The van der Waals surface area contributed by atoms with Crippen LogP contribution in [0.4, 0.5) is 0 Å². The molecule has 0 saturated heterocycles. The molecule has 2 rings (SSSR count). The molecule has 1 aromatic carbocycles. The van der Waals surface area contributed by atoms with E-state index >= 15 is 0 Å². The Morgan fingerprint density at radius 1 is 1.40 bits per heavy atom. The van der Waals surface area contributed by atoms with Crippen LogP contribution in [0.1, 0.15) is 25.0 Å². The number of rotatable bonds is 2. The van der Waals surface area contributed by atoms with Crippen molar-refractivity contribution >= 4 is 5.84 Å². The summed E-state index contributed by atoms with van der Waals surface area (Å²) in [6.07, 6.45) is 0. The van der Waals surface area contributed by atoms with Gasteiger partial charge in [-0.25, -0.2) is 0 Å². The lowest BCUT2D eigenvalue weighted by Gasteiger charge is -2.14. The summed E-state index contributed by atoms with van der Waals surface area (Å²) in [4.78, 5) is 2.06. The zero-order valence-electron chi connectivity index (χ0n) is 9.21. The predicted octanol–water partition coefficient (Wildman–Crippen LogP) is 2.40. The molecule has 1 aliphatic heterocycles. The Hall–Kier alpha value is -1.51. The first-order chi connectivity index (χ1) is 7.20. The van der Waals surface area contributed by atoms with Gasteiger partial charge in [0.15, 0.2) is 0 Å². The van der Waals surface area contributed by atoms with Gasteiger partial charge in [-0.3, -0.25) is 5.41 Å². The molecule has 1 aliphatic rings. The molecule has 0 bridgehead atoms. The van der Waals surface area contributed by atoms with E-state index in [0.29, 0.717) is 12.4 Å². The standard InChI is InChI=1S/C12H16N2O/c1-3-15-12-5-4-10-7-14(9(2)13)8-11(10)6-12/h4-6,13H,3,7-8H2,1-2H3. The molecule has 15 heavy (non-hydrogen) atoms. The van der Waals surface area contributed by atoms with Gasteiger partial charge in [0.2, 0.25) is 0 Å². The van der Waals surface area contributed by atoms with E-state index in [0.717, 1.165) is 18.8 Å². The molecule has 0 aromatic heterocycles. The summed E-state index contributed by atoms with van der Waals surface area (Å²) in [5, 5.41) is 7.60. The maximum atomic E-state index is 7.60. The van der Waals surface area contributed by atoms with E-state index < -0.39 is 0 Å². The van der Waals surface area contributed by atoms with Crippen molar-refractivity contribution in [3.8, 4) is 5.75 Å². The fourth-order valence-electron chi connectivity index (χ4n) is 1.86. The molecule has 0 amide bonds. The molecule has 1 aromatic rings. The van der Waals surface area contributed by atoms with E-state index in [1.165, 1.54) is 11.1 Å².